The lowest BCUT2D eigenvalue weighted by Crippen LogP contribution is -2.27. The SMILES string of the molecule is Cc1ccc(NCCC(=O)NCCCOc2ccncc2)cc1Cl. The number of rotatable bonds is 9. The van der Waals surface area contributed by atoms with Crippen LogP contribution in [0.5, 0.6) is 5.75 Å². The highest BCUT2D eigenvalue weighted by molar-refractivity contribution is 6.31. The lowest BCUT2D eigenvalue weighted by Gasteiger charge is -2.09. The number of nitrogens with one attached hydrogen (secondary N) is 2. The van der Waals surface area contributed by atoms with Crippen molar-refractivity contribution in [1.82, 2.24) is 10.3 Å². The highest BCUT2D eigenvalue weighted by atomic mass is 35.5. The molecule has 1 amide bonds. The molecule has 6 heteroatoms. The van der Waals surface area contributed by atoms with Crippen LogP contribution in [0.15, 0.2) is 42.7 Å². The minimum absolute atomic E-state index is 0.0182. The summed E-state index contributed by atoms with van der Waals surface area (Å²) in [7, 11) is 0. The molecule has 2 rings (SSSR count). The van der Waals surface area contributed by atoms with Crippen molar-refractivity contribution < 1.29 is 9.53 Å². The molecule has 5 nitrogen and oxygen atoms in total. The van der Waals surface area contributed by atoms with Crippen LogP contribution in [-0.4, -0.2) is 30.6 Å². The Labute approximate surface area is 147 Å². The second-order valence-corrected chi connectivity index (χ2v) is 5.78. The van der Waals surface area contributed by atoms with Crippen LogP contribution in [0.1, 0.15) is 18.4 Å². The summed E-state index contributed by atoms with van der Waals surface area (Å²) < 4.78 is 5.53. The van der Waals surface area contributed by atoms with E-state index in [4.69, 9.17) is 16.3 Å². The van der Waals surface area contributed by atoms with Crippen molar-refractivity contribution >= 4 is 23.2 Å². The Balaban J connectivity index is 1.54. The second-order valence-electron chi connectivity index (χ2n) is 5.38. The van der Waals surface area contributed by atoms with E-state index >= 15 is 0 Å². The molecule has 24 heavy (non-hydrogen) atoms. The van der Waals surface area contributed by atoms with E-state index in [-0.39, 0.29) is 5.91 Å². The summed E-state index contributed by atoms with van der Waals surface area (Å²) in [5.41, 5.74) is 1.96. The molecule has 0 spiro atoms. The maximum atomic E-state index is 11.8. The molecule has 0 atom stereocenters. The molecular formula is C18H22ClN3O2. The summed E-state index contributed by atoms with van der Waals surface area (Å²) in [6.45, 7) is 3.68. The Bertz CT molecular complexity index is 650. The minimum atomic E-state index is 0.0182. The number of anilines is 1. The molecule has 0 bridgehead atoms. The lowest BCUT2D eigenvalue weighted by atomic mass is 10.2. The molecular weight excluding hydrogens is 326 g/mol. The van der Waals surface area contributed by atoms with Gasteiger partial charge in [0.05, 0.1) is 6.61 Å². The maximum absolute atomic E-state index is 11.8. The summed E-state index contributed by atoms with van der Waals surface area (Å²) in [6, 6.07) is 9.39. The average molecular weight is 348 g/mol. The molecule has 1 aromatic heterocycles. The quantitative estimate of drug-likeness (QED) is 0.682. The zero-order chi connectivity index (χ0) is 17.2. The largest absolute Gasteiger partial charge is 0.493 e. The number of ether oxygens (including phenoxy) is 1. The second kappa shape index (κ2) is 9.78. The lowest BCUT2D eigenvalue weighted by molar-refractivity contribution is -0.120. The number of aromatic nitrogens is 1. The van der Waals surface area contributed by atoms with Crippen LogP contribution < -0.4 is 15.4 Å². The van der Waals surface area contributed by atoms with E-state index in [0.717, 1.165) is 28.4 Å². The molecule has 1 aromatic carbocycles. The van der Waals surface area contributed by atoms with Gasteiger partial charge >= 0.3 is 0 Å². The first-order valence-electron chi connectivity index (χ1n) is 7.95. The molecule has 2 N–H and O–H groups in total. The van der Waals surface area contributed by atoms with Crippen LogP contribution in [-0.2, 0) is 4.79 Å². The van der Waals surface area contributed by atoms with Gasteiger partial charge in [-0.3, -0.25) is 9.78 Å². The predicted octanol–water partition coefficient (Wildman–Crippen LogP) is 3.43. The van der Waals surface area contributed by atoms with Gasteiger partial charge in [-0.15, -0.1) is 0 Å². The van der Waals surface area contributed by atoms with E-state index in [2.05, 4.69) is 15.6 Å². The zero-order valence-corrected chi connectivity index (χ0v) is 14.5. The summed E-state index contributed by atoms with van der Waals surface area (Å²) in [4.78, 5) is 15.7. The Morgan fingerprint density at radius 3 is 2.75 bits per heavy atom. The van der Waals surface area contributed by atoms with Crippen molar-refractivity contribution in [3.63, 3.8) is 0 Å². The van der Waals surface area contributed by atoms with E-state index in [9.17, 15) is 4.79 Å². The van der Waals surface area contributed by atoms with Crippen molar-refractivity contribution in [3.05, 3.63) is 53.3 Å². The van der Waals surface area contributed by atoms with Gasteiger partial charge in [0.25, 0.3) is 0 Å². The van der Waals surface area contributed by atoms with E-state index in [0.29, 0.717) is 26.1 Å². The third-order valence-electron chi connectivity index (χ3n) is 3.41. The monoisotopic (exact) mass is 347 g/mol. The normalized spacial score (nSPS) is 10.2. The Hall–Kier alpha value is -2.27. The van der Waals surface area contributed by atoms with E-state index < -0.39 is 0 Å². The van der Waals surface area contributed by atoms with Crippen molar-refractivity contribution in [3.8, 4) is 5.75 Å². The van der Waals surface area contributed by atoms with Crippen molar-refractivity contribution in [2.24, 2.45) is 0 Å². The topological polar surface area (TPSA) is 63.2 Å². The van der Waals surface area contributed by atoms with Gasteiger partial charge in [-0.2, -0.15) is 0 Å². The van der Waals surface area contributed by atoms with Gasteiger partial charge in [0.2, 0.25) is 5.91 Å². The first kappa shape index (κ1) is 18.1. The summed E-state index contributed by atoms with van der Waals surface area (Å²) in [5.74, 6) is 0.807. The number of pyridine rings is 1. The molecule has 0 aliphatic rings. The Morgan fingerprint density at radius 2 is 2.00 bits per heavy atom. The Morgan fingerprint density at radius 1 is 1.21 bits per heavy atom. The number of carbonyl (C=O) groups is 1. The van der Waals surface area contributed by atoms with Crippen LogP contribution in [0.3, 0.4) is 0 Å². The van der Waals surface area contributed by atoms with Gasteiger partial charge in [-0.25, -0.2) is 0 Å². The highest BCUT2D eigenvalue weighted by Crippen LogP contribution is 2.19. The van der Waals surface area contributed by atoms with Gasteiger partial charge in [-0.1, -0.05) is 17.7 Å². The van der Waals surface area contributed by atoms with E-state index in [1.165, 1.54) is 0 Å². The van der Waals surface area contributed by atoms with E-state index in [1.54, 1.807) is 12.4 Å². The minimum Gasteiger partial charge on any atom is -0.493 e. The summed E-state index contributed by atoms with van der Waals surface area (Å²) in [6.07, 6.45) is 4.54. The average Bonchev–Trinajstić information content (AvgIpc) is 2.59. The fourth-order valence-electron chi connectivity index (χ4n) is 2.04. The van der Waals surface area contributed by atoms with Crippen molar-refractivity contribution in [2.45, 2.75) is 19.8 Å². The third-order valence-corrected chi connectivity index (χ3v) is 3.82. The first-order chi connectivity index (χ1) is 11.6. The van der Waals surface area contributed by atoms with Crippen LogP contribution >= 0.6 is 11.6 Å². The number of benzene rings is 1. The zero-order valence-electron chi connectivity index (χ0n) is 13.7. The van der Waals surface area contributed by atoms with Crippen LogP contribution in [0.4, 0.5) is 5.69 Å². The smallest absolute Gasteiger partial charge is 0.221 e. The van der Waals surface area contributed by atoms with Crippen molar-refractivity contribution in [2.75, 3.05) is 25.0 Å². The van der Waals surface area contributed by atoms with Gasteiger partial charge in [-0.05, 0) is 43.2 Å². The number of hydrogen-bond donors (Lipinski definition) is 2. The molecule has 0 saturated heterocycles. The predicted molar refractivity (Wildman–Crippen MR) is 96.7 cm³/mol. The Kier molecular flexibility index (Phi) is 7.36. The molecule has 0 unspecified atom stereocenters. The van der Waals surface area contributed by atoms with Gasteiger partial charge in [0.1, 0.15) is 5.75 Å². The summed E-state index contributed by atoms with van der Waals surface area (Å²) >= 11 is 6.06. The maximum Gasteiger partial charge on any atom is 0.221 e. The highest BCUT2D eigenvalue weighted by Gasteiger charge is 2.02. The van der Waals surface area contributed by atoms with Crippen molar-refractivity contribution in [1.29, 1.82) is 0 Å². The number of carbonyl (C=O) groups excluding carboxylic acids is 1. The van der Waals surface area contributed by atoms with Crippen LogP contribution in [0, 0.1) is 6.92 Å². The number of nitrogens with zero attached hydrogens (tertiary/aromatic N) is 1. The summed E-state index contributed by atoms with van der Waals surface area (Å²) in [5, 5.41) is 6.79. The van der Waals surface area contributed by atoms with Gasteiger partial charge in [0.15, 0.2) is 0 Å². The molecule has 0 aliphatic carbocycles. The van der Waals surface area contributed by atoms with E-state index in [1.807, 2.05) is 37.3 Å². The third kappa shape index (κ3) is 6.46. The van der Waals surface area contributed by atoms with Crippen LogP contribution in [0.2, 0.25) is 5.02 Å². The first-order valence-corrected chi connectivity index (χ1v) is 8.32. The molecule has 0 aliphatic heterocycles. The van der Waals surface area contributed by atoms with Gasteiger partial charge < -0.3 is 15.4 Å². The molecule has 2 aromatic rings. The molecule has 0 saturated carbocycles. The van der Waals surface area contributed by atoms with Gasteiger partial charge in [0, 0.05) is 42.6 Å². The number of amides is 1. The fourth-order valence-corrected chi connectivity index (χ4v) is 2.22. The molecule has 128 valence electrons. The standard InChI is InChI=1S/C18H22ClN3O2/c1-14-3-4-15(13-17(14)19)21-11-7-18(23)22-8-2-12-24-16-5-9-20-10-6-16/h3-6,9-10,13,21H,2,7-8,11-12H2,1H3,(H,22,23). The number of halogens is 1. The fraction of sp³-hybridized carbons (Fsp3) is 0.333. The van der Waals surface area contributed by atoms with Crippen LogP contribution in [0.25, 0.3) is 0 Å². The molecule has 0 radical (unpaired) electrons. The molecule has 0 fully saturated rings. The molecule has 1 heterocycles. The number of hydrogen-bond acceptors (Lipinski definition) is 4. The number of aryl methyl sites for hydroxylation is 1.